The lowest BCUT2D eigenvalue weighted by Crippen LogP contribution is -2.41. The second-order valence-corrected chi connectivity index (χ2v) is 6.23. The van der Waals surface area contributed by atoms with Gasteiger partial charge in [0.05, 0.1) is 11.8 Å². The van der Waals surface area contributed by atoms with E-state index in [0.717, 1.165) is 0 Å². The van der Waals surface area contributed by atoms with Crippen LogP contribution in [0.5, 0.6) is 0 Å². The molecule has 3 amide bonds. The molecule has 1 fully saturated rings. The van der Waals surface area contributed by atoms with Crippen LogP contribution in [0, 0.1) is 5.92 Å². The maximum absolute atomic E-state index is 12.5. The number of likely N-dealkylation sites (tertiary alicyclic amines) is 1. The van der Waals surface area contributed by atoms with Gasteiger partial charge in [0, 0.05) is 37.3 Å². The highest BCUT2D eigenvalue weighted by Crippen LogP contribution is 2.21. The summed E-state index contributed by atoms with van der Waals surface area (Å²) in [5.74, 6) is -0.524. The summed E-state index contributed by atoms with van der Waals surface area (Å²) in [7, 11) is 1.56. The minimum Gasteiger partial charge on any atom is -0.472 e. The summed E-state index contributed by atoms with van der Waals surface area (Å²) in [6.45, 7) is 1.06. The molecule has 7 nitrogen and oxygen atoms in total. The fourth-order valence-electron chi connectivity index (χ4n) is 3.04. The molecular formula is C19H21N3O4. The van der Waals surface area contributed by atoms with E-state index in [9.17, 15) is 14.4 Å². The molecule has 0 spiro atoms. The first-order valence-corrected chi connectivity index (χ1v) is 8.53. The number of piperidine rings is 1. The Labute approximate surface area is 151 Å². The normalized spacial score (nSPS) is 14.7. The summed E-state index contributed by atoms with van der Waals surface area (Å²) in [5, 5.41) is 5.42. The zero-order chi connectivity index (χ0) is 18.5. The molecule has 1 aromatic carbocycles. The van der Waals surface area contributed by atoms with Gasteiger partial charge in [0.1, 0.15) is 6.26 Å². The van der Waals surface area contributed by atoms with Gasteiger partial charge in [-0.1, -0.05) is 6.07 Å². The van der Waals surface area contributed by atoms with Crippen LogP contribution in [0.3, 0.4) is 0 Å². The smallest absolute Gasteiger partial charge is 0.257 e. The maximum Gasteiger partial charge on any atom is 0.257 e. The quantitative estimate of drug-likeness (QED) is 0.879. The number of furan rings is 1. The molecule has 1 saturated heterocycles. The van der Waals surface area contributed by atoms with Crippen LogP contribution in [-0.4, -0.2) is 42.8 Å². The molecule has 26 heavy (non-hydrogen) atoms. The topological polar surface area (TPSA) is 91.7 Å². The van der Waals surface area contributed by atoms with E-state index in [1.807, 2.05) is 0 Å². The number of hydrogen-bond acceptors (Lipinski definition) is 4. The van der Waals surface area contributed by atoms with Crippen molar-refractivity contribution in [2.45, 2.75) is 12.8 Å². The Bertz CT molecular complexity index is 793. The van der Waals surface area contributed by atoms with Crippen LogP contribution >= 0.6 is 0 Å². The van der Waals surface area contributed by atoms with Crippen molar-refractivity contribution in [3.63, 3.8) is 0 Å². The zero-order valence-electron chi connectivity index (χ0n) is 14.5. The number of nitrogens with zero attached hydrogens (tertiary/aromatic N) is 1. The molecule has 1 aliphatic heterocycles. The van der Waals surface area contributed by atoms with Gasteiger partial charge >= 0.3 is 0 Å². The Hall–Kier alpha value is -3.09. The summed E-state index contributed by atoms with van der Waals surface area (Å²) in [5.41, 5.74) is 1.61. The summed E-state index contributed by atoms with van der Waals surface area (Å²) >= 11 is 0. The van der Waals surface area contributed by atoms with Crippen LogP contribution in [0.4, 0.5) is 5.69 Å². The summed E-state index contributed by atoms with van der Waals surface area (Å²) in [6.07, 6.45) is 4.11. The van der Waals surface area contributed by atoms with Crippen molar-refractivity contribution in [1.29, 1.82) is 0 Å². The average Bonchev–Trinajstić information content (AvgIpc) is 3.22. The Kier molecular flexibility index (Phi) is 5.36. The molecular weight excluding hydrogens is 334 g/mol. The average molecular weight is 355 g/mol. The van der Waals surface area contributed by atoms with Gasteiger partial charge in [0.2, 0.25) is 5.91 Å². The van der Waals surface area contributed by atoms with Gasteiger partial charge in [-0.25, -0.2) is 0 Å². The van der Waals surface area contributed by atoms with E-state index >= 15 is 0 Å². The Morgan fingerprint density at radius 3 is 2.54 bits per heavy atom. The van der Waals surface area contributed by atoms with Gasteiger partial charge < -0.3 is 20.0 Å². The Morgan fingerprint density at radius 1 is 1.12 bits per heavy atom. The predicted molar refractivity (Wildman–Crippen MR) is 95.8 cm³/mol. The molecule has 3 rings (SSSR count). The van der Waals surface area contributed by atoms with Crippen molar-refractivity contribution in [1.82, 2.24) is 10.2 Å². The first kappa shape index (κ1) is 17.7. The first-order valence-electron chi connectivity index (χ1n) is 8.53. The monoisotopic (exact) mass is 355 g/mol. The van der Waals surface area contributed by atoms with Gasteiger partial charge in [0.15, 0.2) is 0 Å². The molecule has 2 N–H and O–H groups in total. The van der Waals surface area contributed by atoms with Crippen molar-refractivity contribution in [2.24, 2.45) is 5.92 Å². The third-order valence-corrected chi connectivity index (χ3v) is 4.54. The third-order valence-electron chi connectivity index (χ3n) is 4.54. The van der Waals surface area contributed by atoms with Crippen molar-refractivity contribution in [2.75, 3.05) is 25.5 Å². The van der Waals surface area contributed by atoms with E-state index in [-0.39, 0.29) is 23.6 Å². The Balaban J connectivity index is 1.56. The predicted octanol–water partition coefficient (Wildman–Crippen LogP) is 2.13. The van der Waals surface area contributed by atoms with Gasteiger partial charge in [-0.15, -0.1) is 0 Å². The molecule has 0 bridgehead atoms. The van der Waals surface area contributed by atoms with E-state index in [2.05, 4.69) is 10.6 Å². The lowest BCUT2D eigenvalue weighted by Gasteiger charge is -2.31. The van der Waals surface area contributed by atoms with Crippen LogP contribution < -0.4 is 10.6 Å². The number of amides is 3. The molecule has 2 aromatic rings. The molecule has 2 heterocycles. The molecule has 1 aromatic heterocycles. The number of benzene rings is 1. The highest BCUT2D eigenvalue weighted by Gasteiger charge is 2.28. The highest BCUT2D eigenvalue weighted by molar-refractivity contribution is 5.98. The third kappa shape index (κ3) is 3.93. The van der Waals surface area contributed by atoms with Crippen LogP contribution in [0.2, 0.25) is 0 Å². The summed E-state index contributed by atoms with van der Waals surface area (Å²) in [4.78, 5) is 38.2. The second kappa shape index (κ2) is 7.86. The van der Waals surface area contributed by atoms with E-state index < -0.39 is 0 Å². The molecule has 136 valence electrons. The molecule has 7 heteroatoms. The fourth-order valence-corrected chi connectivity index (χ4v) is 3.04. The van der Waals surface area contributed by atoms with E-state index in [0.29, 0.717) is 42.7 Å². The second-order valence-electron chi connectivity index (χ2n) is 6.23. The number of hydrogen-bond donors (Lipinski definition) is 2. The van der Waals surface area contributed by atoms with Crippen molar-refractivity contribution in [3.8, 4) is 0 Å². The van der Waals surface area contributed by atoms with Crippen LogP contribution in [0.15, 0.2) is 47.3 Å². The van der Waals surface area contributed by atoms with Crippen LogP contribution in [0.25, 0.3) is 0 Å². The van der Waals surface area contributed by atoms with Crippen molar-refractivity contribution < 1.29 is 18.8 Å². The number of anilines is 1. The van der Waals surface area contributed by atoms with Crippen molar-refractivity contribution in [3.05, 3.63) is 54.0 Å². The SMILES string of the molecule is CNC(=O)c1cccc(NC(=O)C2CCN(C(=O)c3ccoc3)CC2)c1. The molecule has 0 aliphatic carbocycles. The molecule has 0 radical (unpaired) electrons. The summed E-state index contributed by atoms with van der Waals surface area (Å²) in [6, 6.07) is 8.46. The van der Waals surface area contributed by atoms with Gasteiger partial charge in [-0.3, -0.25) is 14.4 Å². The lowest BCUT2D eigenvalue weighted by atomic mass is 9.95. The number of rotatable bonds is 4. The molecule has 0 atom stereocenters. The maximum atomic E-state index is 12.5. The summed E-state index contributed by atoms with van der Waals surface area (Å²) < 4.78 is 4.95. The van der Waals surface area contributed by atoms with Gasteiger partial charge in [0.25, 0.3) is 11.8 Å². The van der Waals surface area contributed by atoms with E-state index in [4.69, 9.17) is 4.42 Å². The van der Waals surface area contributed by atoms with E-state index in [1.165, 1.54) is 12.5 Å². The molecule has 0 saturated carbocycles. The van der Waals surface area contributed by atoms with Crippen LogP contribution in [0.1, 0.15) is 33.6 Å². The van der Waals surface area contributed by atoms with Crippen molar-refractivity contribution >= 4 is 23.4 Å². The number of carbonyl (C=O) groups is 3. The van der Waals surface area contributed by atoms with Gasteiger partial charge in [-0.05, 0) is 37.1 Å². The standard InChI is InChI=1S/C19H21N3O4/c1-20-17(23)14-3-2-4-16(11-14)21-18(24)13-5-8-22(9-6-13)19(25)15-7-10-26-12-15/h2-4,7,10-13H,5-6,8-9H2,1H3,(H,20,23)(H,21,24). The Morgan fingerprint density at radius 2 is 1.88 bits per heavy atom. The largest absolute Gasteiger partial charge is 0.472 e. The highest BCUT2D eigenvalue weighted by atomic mass is 16.3. The first-order chi connectivity index (χ1) is 12.6. The van der Waals surface area contributed by atoms with E-state index in [1.54, 1.807) is 42.3 Å². The minimum absolute atomic E-state index is 0.0733. The minimum atomic E-state index is -0.202. The van der Waals surface area contributed by atoms with Crippen LogP contribution in [-0.2, 0) is 4.79 Å². The van der Waals surface area contributed by atoms with Gasteiger partial charge in [-0.2, -0.15) is 0 Å². The number of carbonyl (C=O) groups excluding carboxylic acids is 3. The fraction of sp³-hybridized carbons (Fsp3) is 0.316. The molecule has 1 aliphatic rings. The molecule has 0 unspecified atom stereocenters. The lowest BCUT2D eigenvalue weighted by molar-refractivity contribution is -0.121. The zero-order valence-corrected chi connectivity index (χ0v) is 14.5. The number of nitrogens with one attached hydrogen (secondary N) is 2.